The smallest absolute Gasteiger partial charge is 0.394 e. The standard InChI is InChI=1S/C22H22ClF7N4O6/c23-12-4-1-3-11(7-12)21(27,28)19(40)33-13(9-35)17(38)34-6-2-5-14(34)16(37)31-8-15(36)22(29,30)18(39)32-10-20(24,25)26/h1,3-4,7,13-14,35H,2,5-6,8-10H2,(H,31,37)(H,32,39)(H,33,40)/t13-,14?/m0/s1. The average Bonchev–Trinajstić information content (AvgIpc) is 3.37. The van der Waals surface area contributed by atoms with E-state index in [4.69, 9.17) is 11.6 Å². The summed E-state index contributed by atoms with van der Waals surface area (Å²) in [6.45, 7) is -4.99. The molecule has 18 heteroatoms. The zero-order valence-corrected chi connectivity index (χ0v) is 20.9. The number of rotatable bonds is 11. The van der Waals surface area contributed by atoms with E-state index < -0.39 is 84.8 Å². The van der Waals surface area contributed by atoms with E-state index in [9.17, 15) is 59.8 Å². The Bertz CT molecular complexity index is 1150. The number of Topliss-reactive ketones (excluding diaryl/α,β-unsaturated/α-hetero) is 1. The first-order valence-electron chi connectivity index (χ1n) is 11.3. The van der Waals surface area contributed by atoms with Crippen LogP contribution >= 0.6 is 11.6 Å². The maximum absolute atomic E-state index is 14.6. The van der Waals surface area contributed by atoms with E-state index in [0.717, 1.165) is 28.4 Å². The number of nitrogens with one attached hydrogen (secondary N) is 3. The third kappa shape index (κ3) is 8.03. The molecule has 0 aliphatic carbocycles. The summed E-state index contributed by atoms with van der Waals surface area (Å²) in [5.41, 5.74) is -0.811. The lowest BCUT2D eigenvalue weighted by Gasteiger charge is -2.29. The van der Waals surface area contributed by atoms with E-state index in [-0.39, 0.29) is 24.4 Å². The maximum Gasteiger partial charge on any atom is 0.405 e. The largest absolute Gasteiger partial charge is 0.405 e. The van der Waals surface area contributed by atoms with Gasteiger partial charge in [-0.25, -0.2) is 0 Å². The van der Waals surface area contributed by atoms with Gasteiger partial charge in [-0.15, -0.1) is 0 Å². The molecule has 2 rings (SSSR count). The molecule has 1 saturated heterocycles. The van der Waals surface area contributed by atoms with E-state index in [1.165, 1.54) is 6.07 Å². The summed E-state index contributed by atoms with van der Waals surface area (Å²) >= 11 is 5.66. The highest BCUT2D eigenvalue weighted by molar-refractivity contribution is 6.30. The Kier molecular flexibility index (Phi) is 10.5. The third-order valence-corrected chi connectivity index (χ3v) is 5.84. The number of aliphatic hydroxyl groups excluding tert-OH is 1. The van der Waals surface area contributed by atoms with Crippen LogP contribution in [0.3, 0.4) is 0 Å². The minimum Gasteiger partial charge on any atom is -0.394 e. The summed E-state index contributed by atoms with van der Waals surface area (Å²) in [6.07, 6.45) is -4.99. The molecule has 1 aromatic rings. The van der Waals surface area contributed by atoms with Crippen LogP contribution in [0.4, 0.5) is 30.7 Å². The number of nitrogens with zero attached hydrogens (tertiary/aromatic N) is 1. The molecular formula is C22H22ClF7N4O6. The molecule has 0 bridgehead atoms. The topological polar surface area (TPSA) is 145 Å². The van der Waals surface area contributed by atoms with Crippen LogP contribution in [0.2, 0.25) is 5.02 Å². The van der Waals surface area contributed by atoms with E-state index in [2.05, 4.69) is 0 Å². The fourth-order valence-electron chi connectivity index (χ4n) is 3.57. The van der Waals surface area contributed by atoms with Crippen molar-refractivity contribution in [3.63, 3.8) is 0 Å². The Morgan fingerprint density at radius 2 is 1.68 bits per heavy atom. The first-order chi connectivity index (χ1) is 18.4. The Labute approximate surface area is 226 Å². The van der Waals surface area contributed by atoms with Crippen molar-refractivity contribution in [2.24, 2.45) is 0 Å². The molecule has 222 valence electrons. The van der Waals surface area contributed by atoms with Gasteiger partial charge in [-0.05, 0) is 25.0 Å². The van der Waals surface area contributed by atoms with Crippen LogP contribution < -0.4 is 16.0 Å². The molecule has 0 radical (unpaired) electrons. The molecule has 1 heterocycles. The maximum atomic E-state index is 14.6. The van der Waals surface area contributed by atoms with Crippen LogP contribution in [0.5, 0.6) is 0 Å². The average molecular weight is 607 g/mol. The fourth-order valence-corrected chi connectivity index (χ4v) is 3.76. The van der Waals surface area contributed by atoms with Crippen molar-refractivity contribution in [1.82, 2.24) is 20.9 Å². The molecule has 0 spiro atoms. The van der Waals surface area contributed by atoms with Crippen LogP contribution in [0.25, 0.3) is 0 Å². The molecule has 1 unspecified atom stereocenters. The number of ketones is 1. The third-order valence-electron chi connectivity index (χ3n) is 5.60. The Morgan fingerprint density at radius 1 is 1.02 bits per heavy atom. The van der Waals surface area contributed by atoms with Gasteiger partial charge in [-0.1, -0.05) is 23.7 Å². The second-order valence-corrected chi connectivity index (χ2v) is 8.93. The number of alkyl halides is 7. The minimum atomic E-state index is -5.03. The number of hydrogen-bond donors (Lipinski definition) is 4. The number of benzene rings is 1. The fraction of sp³-hybridized carbons (Fsp3) is 0.500. The summed E-state index contributed by atoms with van der Waals surface area (Å²) in [5.74, 6) is -18.3. The molecule has 1 aromatic carbocycles. The van der Waals surface area contributed by atoms with E-state index in [1.807, 2.05) is 0 Å². The predicted octanol–water partition coefficient (Wildman–Crippen LogP) is 0.899. The number of halogens is 8. The van der Waals surface area contributed by atoms with Crippen molar-refractivity contribution < 1.29 is 59.8 Å². The molecule has 4 amide bonds. The molecule has 0 saturated carbocycles. The summed E-state index contributed by atoms with van der Waals surface area (Å²) in [5, 5.41) is 13.7. The highest BCUT2D eigenvalue weighted by Gasteiger charge is 2.48. The number of hydrogen-bond acceptors (Lipinski definition) is 6. The van der Waals surface area contributed by atoms with Crippen molar-refractivity contribution in [2.75, 3.05) is 26.2 Å². The molecule has 0 aromatic heterocycles. The Hall–Kier alpha value is -3.47. The lowest BCUT2D eigenvalue weighted by atomic mass is 10.1. The van der Waals surface area contributed by atoms with Gasteiger partial charge in [0.1, 0.15) is 18.6 Å². The van der Waals surface area contributed by atoms with Gasteiger partial charge in [-0.2, -0.15) is 30.7 Å². The molecular weight excluding hydrogens is 585 g/mol. The molecule has 2 atom stereocenters. The summed E-state index contributed by atoms with van der Waals surface area (Å²) < 4.78 is 93.2. The highest BCUT2D eigenvalue weighted by atomic mass is 35.5. The normalized spacial score (nSPS) is 16.7. The summed E-state index contributed by atoms with van der Waals surface area (Å²) in [4.78, 5) is 61.4. The Balaban J connectivity index is 2.03. The summed E-state index contributed by atoms with van der Waals surface area (Å²) in [7, 11) is 0. The van der Waals surface area contributed by atoms with Crippen LogP contribution in [0, 0.1) is 0 Å². The highest BCUT2D eigenvalue weighted by Crippen LogP contribution is 2.30. The van der Waals surface area contributed by atoms with Crippen LogP contribution in [0.1, 0.15) is 18.4 Å². The predicted molar refractivity (Wildman–Crippen MR) is 121 cm³/mol. The number of carbonyl (C=O) groups is 5. The van der Waals surface area contributed by atoms with Gasteiger partial charge in [0.05, 0.1) is 13.2 Å². The van der Waals surface area contributed by atoms with Gasteiger partial charge in [0.25, 0.3) is 11.8 Å². The molecule has 10 nitrogen and oxygen atoms in total. The van der Waals surface area contributed by atoms with Gasteiger partial charge in [0, 0.05) is 17.1 Å². The van der Waals surface area contributed by atoms with Crippen molar-refractivity contribution in [1.29, 1.82) is 0 Å². The quantitative estimate of drug-likeness (QED) is 0.218. The number of carbonyl (C=O) groups excluding carboxylic acids is 5. The van der Waals surface area contributed by atoms with Crippen molar-refractivity contribution in [3.05, 3.63) is 34.9 Å². The van der Waals surface area contributed by atoms with E-state index in [0.29, 0.717) is 0 Å². The second-order valence-electron chi connectivity index (χ2n) is 8.50. The van der Waals surface area contributed by atoms with Gasteiger partial charge < -0.3 is 26.0 Å². The van der Waals surface area contributed by atoms with Gasteiger partial charge in [-0.3, -0.25) is 24.0 Å². The van der Waals surface area contributed by atoms with Crippen LogP contribution in [0.15, 0.2) is 24.3 Å². The molecule has 40 heavy (non-hydrogen) atoms. The zero-order valence-electron chi connectivity index (χ0n) is 20.2. The van der Waals surface area contributed by atoms with E-state index in [1.54, 1.807) is 10.6 Å². The second kappa shape index (κ2) is 12.8. The van der Waals surface area contributed by atoms with Crippen molar-refractivity contribution in [3.8, 4) is 0 Å². The number of amides is 4. The van der Waals surface area contributed by atoms with Gasteiger partial charge >= 0.3 is 18.0 Å². The number of aliphatic hydroxyl groups is 1. The lowest BCUT2D eigenvalue weighted by Crippen LogP contribution is -2.57. The van der Waals surface area contributed by atoms with Crippen molar-refractivity contribution >= 4 is 41.0 Å². The van der Waals surface area contributed by atoms with Crippen LogP contribution in [-0.2, 0) is 29.9 Å². The van der Waals surface area contributed by atoms with Gasteiger partial charge in [0.2, 0.25) is 17.6 Å². The first-order valence-corrected chi connectivity index (χ1v) is 11.7. The SMILES string of the molecule is O=C(NCC(=O)C(F)(F)C(=O)NCC(F)(F)F)C1CCCN1C(=O)[C@H](CO)NC(=O)C(F)(F)c1cccc(Cl)c1. The molecule has 1 aliphatic rings. The minimum absolute atomic E-state index is 0.0982. The number of likely N-dealkylation sites (tertiary alicyclic amines) is 1. The zero-order chi connectivity index (χ0) is 30.5. The molecule has 1 aliphatic heterocycles. The lowest BCUT2D eigenvalue weighted by molar-refractivity contribution is -0.163. The molecule has 1 fully saturated rings. The van der Waals surface area contributed by atoms with Crippen molar-refractivity contribution in [2.45, 2.75) is 42.9 Å². The van der Waals surface area contributed by atoms with Gasteiger partial charge in [0.15, 0.2) is 0 Å². The first kappa shape index (κ1) is 32.7. The molecule has 4 N–H and O–H groups in total. The summed E-state index contributed by atoms with van der Waals surface area (Å²) in [6, 6.07) is 0.725. The monoisotopic (exact) mass is 606 g/mol. The van der Waals surface area contributed by atoms with Crippen LogP contribution in [-0.4, -0.2) is 89.8 Å². The van der Waals surface area contributed by atoms with E-state index >= 15 is 0 Å². The Morgan fingerprint density at radius 3 is 2.25 bits per heavy atom.